The lowest BCUT2D eigenvalue weighted by Gasteiger charge is -2.25. The smallest absolute Gasteiger partial charge is 0.264 e. The highest BCUT2D eigenvalue weighted by Gasteiger charge is 2.28. The monoisotopic (exact) mass is 561 g/mol. The maximum atomic E-state index is 13.6. The summed E-state index contributed by atoms with van der Waals surface area (Å²) in [5.41, 5.74) is 2.64. The number of para-hydroxylation sites is 1. The van der Waals surface area contributed by atoms with Crippen LogP contribution in [0, 0.1) is 6.92 Å². The molecule has 0 spiro atoms. The van der Waals surface area contributed by atoms with Gasteiger partial charge >= 0.3 is 0 Å². The average Bonchev–Trinajstić information content (AvgIpc) is 2.92. The minimum atomic E-state index is -4.11. The van der Waals surface area contributed by atoms with Crippen LogP contribution < -0.4 is 14.9 Å². The maximum Gasteiger partial charge on any atom is 0.264 e. The summed E-state index contributed by atoms with van der Waals surface area (Å²) < 4.78 is 28.3. The molecule has 1 atom stereocenters. The highest BCUT2D eigenvalue weighted by molar-refractivity contribution is 7.92. The lowest BCUT2D eigenvalue weighted by molar-refractivity contribution is -0.114. The maximum absolute atomic E-state index is 13.6. The summed E-state index contributed by atoms with van der Waals surface area (Å²) in [5.74, 6) is -0.975. The molecule has 0 heterocycles. The number of benzene rings is 4. The molecule has 0 saturated carbocycles. The first-order valence-electron chi connectivity index (χ1n) is 12.2. The van der Waals surface area contributed by atoms with E-state index in [0.29, 0.717) is 10.7 Å². The molecule has 4 rings (SSSR count). The first-order valence-corrected chi connectivity index (χ1v) is 14.1. The summed E-state index contributed by atoms with van der Waals surface area (Å²) in [5, 5.41) is 6.06. The lowest BCUT2D eigenvalue weighted by Crippen LogP contribution is -2.38. The van der Waals surface area contributed by atoms with E-state index in [4.69, 9.17) is 11.6 Å². The van der Waals surface area contributed by atoms with Crippen molar-refractivity contribution in [3.8, 4) is 0 Å². The zero-order valence-corrected chi connectivity index (χ0v) is 23.0. The Morgan fingerprint density at radius 2 is 1.54 bits per heavy atom. The van der Waals surface area contributed by atoms with E-state index in [2.05, 4.69) is 10.6 Å². The Kier molecular flexibility index (Phi) is 8.69. The zero-order chi connectivity index (χ0) is 28.0. The summed E-state index contributed by atoms with van der Waals surface area (Å²) in [6.07, 6.45) is 0. The van der Waals surface area contributed by atoms with E-state index in [-0.39, 0.29) is 28.1 Å². The predicted octanol–water partition coefficient (Wildman–Crippen LogP) is 5.97. The molecule has 0 aromatic heterocycles. The summed E-state index contributed by atoms with van der Waals surface area (Å²) >= 11 is 5.96. The standard InChI is InChI=1S/C30H28ClN3O4S/c1-21-9-8-12-25(19-21)34(39(37,38)26-17-15-24(31)16-18-26)20-29(35)33-28-14-7-6-13-27(28)30(36)32-22(2)23-10-4-3-5-11-23/h3-19,22H,20H2,1-2H3,(H,32,36)(H,33,35)/t22-/m0/s1. The van der Waals surface area contributed by atoms with E-state index in [9.17, 15) is 18.0 Å². The largest absolute Gasteiger partial charge is 0.345 e. The van der Waals surface area contributed by atoms with Crippen LogP contribution in [0.4, 0.5) is 11.4 Å². The van der Waals surface area contributed by atoms with E-state index in [1.165, 1.54) is 24.3 Å². The van der Waals surface area contributed by atoms with Gasteiger partial charge < -0.3 is 10.6 Å². The third-order valence-electron chi connectivity index (χ3n) is 6.07. The van der Waals surface area contributed by atoms with Gasteiger partial charge in [-0.2, -0.15) is 0 Å². The Balaban J connectivity index is 1.58. The number of hydrogen-bond acceptors (Lipinski definition) is 4. The number of aryl methyl sites for hydroxylation is 1. The van der Waals surface area contributed by atoms with Gasteiger partial charge in [0.15, 0.2) is 0 Å². The first kappa shape index (κ1) is 27.9. The van der Waals surface area contributed by atoms with Crippen LogP contribution in [-0.2, 0) is 14.8 Å². The highest BCUT2D eigenvalue weighted by atomic mass is 35.5. The summed E-state index contributed by atoms with van der Waals surface area (Å²) in [6.45, 7) is 3.20. The van der Waals surface area contributed by atoms with Gasteiger partial charge in [-0.1, -0.05) is 66.2 Å². The third-order valence-corrected chi connectivity index (χ3v) is 8.11. The molecule has 0 saturated heterocycles. The van der Waals surface area contributed by atoms with Gasteiger partial charge in [0, 0.05) is 5.02 Å². The van der Waals surface area contributed by atoms with Gasteiger partial charge in [0.1, 0.15) is 6.54 Å². The molecule has 2 amide bonds. The Morgan fingerprint density at radius 3 is 2.23 bits per heavy atom. The Hall–Kier alpha value is -4.14. The van der Waals surface area contributed by atoms with Crippen LogP contribution in [0.15, 0.2) is 108 Å². The van der Waals surface area contributed by atoms with Gasteiger partial charge in [-0.05, 0) is 73.5 Å². The van der Waals surface area contributed by atoms with Gasteiger partial charge in [-0.3, -0.25) is 13.9 Å². The molecule has 0 radical (unpaired) electrons. The van der Waals surface area contributed by atoms with Crippen LogP contribution in [0.3, 0.4) is 0 Å². The number of sulfonamides is 1. The number of nitrogens with one attached hydrogen (secondary N) is 2. The predicted molar refractivity (Wildman–Crippen MR) is 155 cm³/mol. The van der Waals surface area contributed by atoms with Crippen molar-refractivity contribution in [2.45, 2.75) is 24.8 Å². The highest BCUT2D eigenvalue weighted by Crippen LogP contribution is 2.26. The molecule has 0 fully saturated rings. The van der Waals surface area contributed by atoms with Crippen LogP contribution in [0.25, 0.3) is 0 Å². The molecule has 4 aromatic carbocycles. The van der Waals surface area contributed by atoms with Crippen LogP contribution in [0.2, 0.25) is 5.02 Å². The second-order valence-electron chi connectivity index (χ2n) is 9.00. The van der Waals surface area contributed by atoms with Crippen LogP contribution in [-0.4, -0.2) is 26.8 Å². The average molecular weight is 562 g/mol. The van der Waals surface area contributed by atoms with Crippen molar-refractivity contribution in [2.24, 2.45) is 0 Å². The number of anilines is 2. The number of halogens is 1. The molecule has 2 N–H and O–H groups in total. The minimum Gasteiger partial charge on any atom is -0.345 e. The van der Waals surface area contributed by atoms with Crippen molar-refractivity contribution in [1.29, 1.82) is 0 Å². The number of carbonyl (C=O) groups is 2. The van der Waals surface area contributed by atoms with Crippen molar-refractivity contribution in [3.63, 3.8) is 0 Å². The molecule has 39 heavy (non-hydrogen) atoms. The van der Waals surface area contributed by atoms with Crippen LogP contribution in [0.5, 0.6) is 0 Å². The number of rotatable bonds is 9. The molecule has 0 aliphatic rings. The van der Waals surface area contributed by atoms with E-state index in [1.54, 1.807) is 42.5 Å². The molecular formula is C30H28ClN3O4S. The molecule has 0 bridgehead atoms. The van der Waals surface area contributed by atoms with Gasteiger partial charge in [0.05, 0.1) is 27.9 Å². The number of nitrogens with zero attached hydrogens (tertiary/aromatic N) is 1. The molecule has 0 aliphatic heterocycles. The third kappa shape index (κ3) is 6.85. The van der Waals surface area contributed by atoms with E-state index in [1.807, 2.05) is 50.2 Å². The summed E-state index contributed by atoms with van der Waals surface area (Å²) in [7, 11) is -4.11. The van der Waals surface area contributed by atoms with E-state index < -0.39 is 22.5 Å². The Labute approximate surface area is 233 Å². The first-order chi connectivity index (χ1) is 18.6. The van der Waals surface area contributed by atoms with Gasteiger partial charge in [0.2, 0.25) is 5.91 Å². The number of carbonyl (C=O) groups excluding carboxylic acids is 2. The number of amides is 2. The topological polar surface area (TPSA) is 95.6 Å². The van der Waals surface area contributed by atoms with Crippen molar-refractivity contribution < 1.29 is 18.0 Å². The zero-order valence-electron chi connectivity index (χ0n) is 21.5. The fourth-order valence-electron chi connectivity index (χ4n) is 4.04. The second-order valence-corrected chi connectivity index (χ2v) is 11.3. The van der Waals surface area contributed by atoms with Crippen molar-refractivity contribution in [3.05, 3.63) is 125 Å². The number of hydrogen-bond donors (Lipinski definition) is 2. The molecular weight excluding hydrogens is 534 g/mol. The van der Waals surface area contributed by atoms with Crippen molar-refractivity contribution >= 4 is 44.8 Å². The van der Waals surface area contributed by atoms with E-state index >= 15 is 0 Å². The van der Waals surface area contributed by atoms with Crippen LogP contribution >= 0.6 is 11.6 Å². The SMILES string of the molecule is Cc1cccc(N(CC(=O)Nc2ccccc2C(=O)N[C@@H](C)c2ccccc2)S(=O)(=O)c2ccc(Cl)cc2)c1. The summed E-state index contributed by atoms with van der Waals surface area (Å²) in [4.78, 5) is 26.4. The molecule has 0 unspecified atom stereocenters. The summed E-state index contributed by atoms with van der Waals surface area (Å²) in [6, 6.07) is 28.5. The van der Waals surface area contributed by atoms with Gasteiger partial charge in [0.25, 0.3) is 15.9 Å². The van der Waals surface area contributed by atoms with Gasteiger partial charge in [-0.25, -0.2) is 8.42 Å². The fourth-order valence-corrected chi connectivity index (χ4v) is 5.58. The van der Waals surface area contributed by atoms with Crippen molar-refractivity contribution in [1.82, 2.24) is 5.32 Å². The molecule has 200 valence electrons. The molecule has 9 heteroatoms. The quantitative estimate of drug-likeness (QED) is 0.263. The molecule has 0 aliphatic carbocycles. The second kappa shape index (κ2) is 12.1. The van der Waals surface area contributed by atoms with Crippen LogP contribution in [0.1, 0.15) is 34.5 Å². The fraction of sp³-hybridized carbons (Fsp3) is 0.133. The van der Waals surface area contributed by atoms with E-state index in [0.717, 1.165) is 15.4 Å². The van der Waals surface area contributed by atoms with Gasteiger partial charge in [-0.15, -0.1) is 0 Å². The Bertz CT molecular complexity index is 1580. The van der Waals surface area contributed by atoms with Crippen molar-refractivity contribution in [2.75, 3.05) is 16.2 Å². The lowest BCUT2D eigenvalue weighted by atomic mass is 10.1. The molecule has 7 nitrogen and oxygen atoms in total. The Morgan fingerprint density at radius 1 is 0.872 bits per heavy atom. The normalized spacial score (nSPS) is 11.9. The molecule has 4 aromatic rings. The minimum absolute atomic E-state index is 0.00381.